The Balaban J connectivity index is 1.74. The first-order valence-electron chi connectivity index (χ1n) is 10.6. The molecular formula is C23H33NO2. The number of hydrogen-bond donors (Lipinski definition) is 1. The SMILES string of the molecule is [C-]#[N+]/C(C)=C1/CC[C@H]2[C@@H]3CC[C@@H]4CC(=O)CC[C@]4(C)[C@H]3[C@@H](CO)C[C@]12C. The maximum Gasteiger partial charge on any atom is 0.162 e. The van der Waals surface area contributed by atoms with Crippen LogP contribution < -0.4 is 0 Å². The molecule has 0 amide bonds. The van der Waals surface area contributed by atoms with Crippen LogP contribution in [0.25, 0.3) is 4.85 Å². The molecule has 4 aliphatic rings. The van der Waals surface area contributed by atoms with Crippen LogP contribution in [0.4, 0.5) is 0 Å². The first kappa shape index (κ1) is 18.2. The normalized spacial score (nSPS) is 49.7. The Bertz CT molecular complexity index is 689. The number of nitrogens with zero attached hydrogens (tertiary/aromatic N) is 1. The van der Waals surface area contributed by atoms with E-state index >= 15 is 0 Å². The molecule has 0 aromatic rings. The third-order valence-electron chi connectivity index (χ3n) is 9.18. The molecule has 1 N–H and O–H groups in total. The van der Waals surface area contributed by atoms with Crippen molar-refractivity contribution in [3.8, 4) is 0 Å². The van der Waals surface area contributed by atoms with Crippen LogP contribution >= 0.6 is 0 Å². The van der Waals surface area contributed by atoms with Gasteiger partial charge in [0.2, 0.25) is 0 Å². The molecule has 4 fully saturated rings. The number of Topliss-reactive ketones (excluding diaryl/α,β-unsaturated/α-hetero) is 1. The van der Waals surface area contributed by atoms with Gasteiger partial charge in [-0.1, -0.05) is 19.4 Å². The van der Waals surface area contributed by atoms with Gasteiger partial charge < -0.3 is 5.11 Å². The summed E-state index contributed by atoms with van der Waals surface area (Å²) in [5.74, 6) is 3.13. The van der Waals surface area contributed by atoms with E-state index < -0.39 is 0 Å². The van der Waals surface area contributed by atoms with Gasteiger partial charge in [0, 0.05) is 19.4 Å². The van der Waals surface area contributed by atoms with Crippen molar-refractivity contribution in [3.05, 3.63) is 22.7 Å². The smallest absolute Gasteiger partial charge is 0.162 e. The third-order valence-corrected chi connectivity index (χ3v) is 9.18. The van der Waals surface area contributed by atoms with E-state index in [4.69, 9.17) is 6.57 Å². The van der Waals surface area contributed by atoms with E-state index in [1.165, 1.54) is 24.8 Å². The molecule has 0 aromatic heterocycles. The molecule has 0 radical (unpaired) electrons. The fraction of sp³-hybridized carbons (Fsp3) is 0.826. The maximum atomic E-state index is 12.1. The third kappa shape index (κ3) is 2.37. The van der Waals surface area contributed by atoms with Gasteiger partial charge in [0.1, 0.15) is 5.78 Å². The second-order valence-corrected chi connectivity index (χ2v) is 10.1. The van der Waals surface area contributed by atoms with Gasteiger partial charge in [-0.15, -0.1) is 0 Å². The van der Waals surface area contributed by atoms with E-state index in [-0.39, 0.29) is 17.4 Å². The first-order chi connectivity index (χ1) is 12.3. The second kappa shape index (κ2) is 6.20. The van der Waals surface area contributed by atoms with Crippen LogP contribution in [0, 0.1) is 47.0 Å². The second-order valence-electron chi connectivity index (χ2n) is 10.1. The zero-order chi connectivity index (χ0) is 18.7. The molecule has 0 unspecified atom stereocenters. The van der Waals surface area contributed by atoms with Gasteiger partial charge in [-0.2, -0.15) is 0 Å². The summed E-state index contributed by atoms with van der Waals surface area (Å²) in [6.45, 7) is 14.6. The predicted octanol–water partition coefficient (Wildman–Crippen LogP) is 5.01. The fourth-order valence-electron chi connectivity index (χ4n) is 8.10. The lowest BCUT2D eigenvalue weighted by Crippen LogP contribution is -2.57. The van der Waals surface area contributed by atoms with Crippen LogP contribution in [0.1, 0.15) is 72.1 Å². The van der Waals surface area contributed by atoms with Crippen molar-refractivity contribution in [2.24, 2.45) is 40.4 Å². The van der Waals surface area contributed by atoms with E-state index in [1.807, 2.05) is 6.92 Å². The van der Waals surface area contributed by atoms with Gasteiger partial charge in [-0.3, -0.25) is 4.79 Å². The van der Waals surface area contributed by atoms with E-state index in [2.05, 4.69) is 18.7 Å². The monoisotopic (exact) mass is 355 g/mol. The number of aliphatic hydroxyl groups excluding tert-OH is 1. The minimum atomic E-state index is 0.0941. The Morgan fingerprint density at radius 2 is 2.04 bits per heavy atom. The molecule has 0 saturated heterocycles. The van der Waals surface area contributed by atoms with Crippen molar-refractivity contribution in [3.63, 3.8) is 0 Å². The van der Waals surface area contributed by atoms with Gasteiger partial charge in [-0.25, -0.2) is 4.85 Å². The Hall–Kier alpha value is -1.14. The Labute approximate surface area is 158 Å². The van der Waals surface area contributed by atoms with Crippen LogP contribution in [-0.2, 0) is 4.79 Å². The highest BCUT2D eigenvalue weighted by molar-refractivity contribution is 5.79. The van der Waals surface area contributed by atoms with Crippen molar-refractivity contribution in [1.29, 1.82) is 0 Å². The topological polar surface area (TPSA) is 41.7 Å². The molecule has 3 heteroatoms. The average Bonchev–Trinajstić information content (AvgIpc) is 2.97. The van der Waals surface area contributed by atoms with Crippen molar-refractivity contribution in [2.45, 2.75) is 72.1 Å². The summed E-state index contributed by atoms with van der Waals surface area (Å²) in [7, 11) is 0. The number of fused-ring (bicyclic) bond motifs is 5. The zero-order valence-electron chi connectivity index (χ0n) is 16.6. The molecule has 0 bridgehead atoms. The van der Waals surface area contributed by atoms with Crippen molar-refractivity contribution in [1.82, 2.24) is 0 Å². The summed E-state index contributed by atoms with van der Waals surface area (Å²) in [6, 6.07) is 0. The minimum absolute atomic E-state index is 0.0941. The molecule has 142 valence electrons. The van der Waals surface area contributed by atoms with Gasteiger partial charge in [0.05, 0.1) is 6.57 Å². The average molecular weight is 356 g/mol. The van der Waals surface area contributed by atoms with Crippen LogP contribution in [-0.4, -0.2) is 17.5 Å². The van der Waals surface area contributed by atoms with E-state index in [0.29, 0.717) is 35.4 Å². The molecule has 26 heavy (non-hydrogen) atoms. The van der Waals surface area contributed by atoms with E-state index in [0.717, 1.165) is 37.8 Å². The number of carbonyl (C=O) groups excluding carboxylic acids is 1. The van der Waals surface area contributed by atoms with E-state index in [1.54, 1.807) is 0 Å². The van der Waals surface area contributed by atoms with E-state index in [9.17, 15) is 9.90 Å². The standard InChI is InChI=1S/C23H33NO2/c1-14(24-4)19-7-8-20-18-6-5-16-11-17(26)9-10-22(16,2)21(18)15(13-25)12-23(19,20)3/h15-16,18,20-21,25H,5-13H2,1-3H3/b19-14-/t15-,16-,18+,20+,21+,22+,23-/m1/s1. The van der Waals surface area contributed by atoms with Gasteiger partial charge in [0.25, 0.3) is 0 Å². The quantitative estimate of drug-likeness (QED) is 0.672. The molecule has 4 aliphatic carbocycles. The highest BCUT2D eigenvalue weighted by Gasteiger charge is 2.61. The highest BCUT2D eigenvalue weighted by Crippen LogP contribution is 2.68. The summed E-state index contributed by atoms with van der Waals surface area (Å²) in [5, 5.41) is 10.4. The summed E-state index contributed by atoms with van der Waals surface area (Å²) >= 11 is 0. The summed E-state index contributed by atoms with van der Waals surface area (Å²) in [5.41, 5.74) is 2.58. The Kier molecular flexibility index (Phi) is 4.35. The summed E-state index contributed by atoms with van der Waals surface area (Å²) < 4.78 is 0. The highest BCUT2D eigenvalue weighted by atomic mass is 16.3. The fourth-order valence-corrected chi connectivity index (χ4v) is 8.10. The number of allylic oxidation sites excluding steroid dienone is 2. The Morgan fingerprint density at radius 3 is 2.73 bits per heavy atom. The molecule has 3 nitrogen and oxygen atoms in total. The zero-order valence-corrected chi connectivity index (χ0v) is 16.6. The summed E-state index contributed by atoms with van der Waals surface area (Å²) in [6.07, 6.45) is 8.19. The van der Waals surface area contributed by atoms with Gasteiger partial charge in [0.15, 0.2) is 5.70 Å². The van der Waals surface area contributed by atoms with Crippen molar-refractivity contribution < 1.29 is 9.90 Å². The lowest BCUT2D eigenvalue weighted by atomic mass is 9.42. The number of ketones is 1. The molecule has 7 atom stereocenters. The molecule has 4 saturated carbocycles. The van der Waals surface area contributed by atoms with Gasteiger partial charge in [-0.05, 0) is 85.9 Å². The number of rotatable bonds is 1. The predicted molar refractivity (Wildman–Crippen MR) is 102 cm³/mol. The van der Waals surface area contributed by atoms with Crippen molar-refractivity contribution in [2.75, 3.05) is 6.61 Å². The first-order valence-corrected chi connectivity index (χ1v) is 10.6. The number of carbonyl (C=O) groups is 1. The van der Waals surface area contributed by atoms with Crippen LogP contribution in [0.15, 0.2) is 11.3 Å². The summed E-state index contributed by atoms with van der Waals surface area (Å²) in [4.78, 5) is 15.9. The van der Waals surface area contributed by atoms with Crippen molar-refractivity contribution >= 4 is 5.78 Å². The molecular weight excluding hydrogens is 322 g/mol. The van der Waals surface area contributed by atoms with Crippen LogP contribution in [0.3, 0.4) is 0 Å². The molecule has 0 aliphatic heterocycles. The number of aliphatic hydroxyl groups is 1. The lowest BCUT2D eigenvalue weighted by Gasteiger charge is -2.62. The van der Waals surface area contributed by atoms with Gasteiger partial charge >= 0.3 is 0 Å². The molecule has 0 heterocycles. The Morgan fingerprint density at radius 1 is 1.27 bits per heavy atom. The lowest BCUT2D eigenvalue weighted by molar-refractivity contribution is -0.151. The minimum Gasteiger partial charge on any atom is -0.396 e. The molecule has 0 aromatic carbocycles. The molecule has 0 spiro atoms. The largest absolute Gasteiger partial charge is 0.396 e. The molecule has 4 rings (SSSR count). The van der Waals surface area contributed by atoms with Crippen LogP contribution in [0.5, 0.6) is 0 Å². The van der Waals surface area contributed by atoms with Crippen LogP contribution in [0.2, 0.25) is 0 Å². The number of hydrogen-bond acceptors (Lipinski definition) is 2. The maximum absolute atomic E-state index is 12.1.